The van der Waals surface area contributed by atoms with E-state index in [0.29, 0.717) is 5.75 Å². The molecule has 1 N–H and O–H groups in total. The lowest BCUT2D eigenvalue weighted by molar-refractivity contribution is 0.322. The number of hydrogen-bond donors (Lipinski definition) is 1. The Morgan fingerprint density at radius 2 is 1.86 bits per heavy atom. The lowest BCUT2D eigenvalue weighted by Crippen LogP contribution is -2.23. The van der Waals surface area contributed by atoms with Gasteiger partial charge in [-0.1, -0.05) is 24.3 Å². The first-order chi connectivity index (χ1) is 10.1. The number of rotatable bonds is 2. The SMILES string of the molecule is Cc1cc(CN2CCCOc3ccccc32)cc(C)c1O. The fourth-order valence-electron chi connectivity index (χ4n) is 2.92. The minimum Gasteiger partial charge on any atom is -0.507 e. The average Bonchev–Trinajstić information content (AvgIpc) is 2.67. The molecule has 0 aromatic heterocycles. The van der Waals surface area contributed by atoms with E-state index in [-0.39, 0.29) is 0 Å². The first kappa shape index (κ1) is 13.8. The molecule has 0 fully saturated rings. The second-order valence-corrected chi connectivity index (χ2v) is 5.67. The van der Waals surface area contributed by atoms with Gasteiger partial charge in [-0.05, 0) is 49.1 Å². The molecule has 0 amide bonds. The van der Waals surface area contributed by atoms with E-state index in [1.807, 2.05) is 32.0 Å². The molecule has 0 spiro atoms. The first-order valence-electron chi connectivity index (χ1n) is 7.41. The van der Waals surface area contributed by atoms with Crippen LogP contribution in [0.4, 0.5) is 5.69 Å². The van der Waals surface area contributed by atoms with Gasteiger partial charge in [-0.15, -0.1) is 0 Å². The Balaban J connectivity index is 1.91. The highest BCUT2D eigenvalue weighted by Crippen LogP contribution is 2.32. The molecule has 3 heteroatoms. The van der Waals surface area contributed by atoms with Gasteiger partial charge in [0.25, 0.3) is 0 Å². The fraction of sp³-hybridized carbons (Fsp3) is 0.333. The van der Waals surface area contributed by atoms with Crippen molar-refractivity contribution in [2.24, 2.45) is 0 Å². The first-order valence-corrected chi connectivity index (χ1v) is 7.41. The summed E-state index contributed by atoms with van der Waals surface area (Å²) in [6.07, 6.45) is 1.02. The molecule has 0 saturated heterocycles. The van der Waals surface area contributed by atoms with Gasteiger partial charge in [0.2, 0.25) is 0 Å². The van der Waals surface area contributed by atoms with Crippen molar-refractivity contribution in [3.63, 3.8) is 0 Å². The number of aromatic hydroxyl groups is 1. The molecule has 3 rings (SSSR count). The Morgan fingerprint density at radius 3 is 2.62 bits per heavy atom. The summed E-state index contributed by atoms with van der Waals surface area (Å²) in [5.41, 5.74) is 4.24. The number of phenolic OH excluding ortho intramolecular Hbond substituents is 1. The second-order valence-electron chi connectivity index (χ2n) is 5.67. The van der Waals surface area contributed by atoms with E-state index in [2.05, 4.69) is 23.1 Å². The summed E-state index contributed by atoms with van der Waals surface area (Å²) in [5, 5.41) is 9.91. The molecule has 21 heavy (non-hydrogen) atoms. The molecule has 0 unspecified atom stereocenters. The van der Waals surface area contributed by atoms with Crippen LogP contribution in [0.25, 0.3) is 0 Å². The van der Waals surface area contributed by atoms with Gasteiger partial charge in [0.05, 0.1) is 12.3 Å². The summed E-state index contributed by atoms with van der Waals surface area (Å²) in [6, 6.07) is 12.3. The molecule has 0 saturated carbocycles. The molecule has 0 atom stereocenters. The summed E-state index contributed by atoms with van der Waals surface area (Å²) in [5.74, 6) is 1.36. The van der Waals surface area contributed by atoms with E-state index in [4.69, 9.17) is 4.74 Å². The summed E-state index contributed by atoms with van der Waals surface area (Å²) in [7, 11) is 0. The molecule has 2 aromatic rings. The van der Waals surface area contributed by atoms with Crippen LogP contribution in [0.2, 0.25) is 0 Å². The van der Waals surface area contributed by atoms with Crippen LogP contribution < -0.4 is 9.64 Å². The lowest BCUT2D eigenvalue weighted by Gasteiger charge is -2.24. The number of hydrogen-bond acceptors (Lipinski definition) is 3. The van der Waals surface area contributed by atoms with Crippen molar-refractivity contribution in [2.75, 3.05) is 18.1 Å². The quantitative estimate of drug-likeness (QED) is 0.910. The Morgan fingerprint density at radius 1 is 1.14 bits per heavy atom. The number of fused-ring (bicyclic) bond motifs is 1. The Kier molecular flexibility index (Phi) is 3.74. The van der Waals surface area contributed by atoms with Gasteiger partial charge in [-0.3, -0.25) is 0 Å². The molecule has 1 aliphatic heterocycles. The van der Waals surface area contributed by atoms with Crippen molar-refractivity contribution in [3.8, 4) is 11.5 Å². The summed E-state index contributed by atoms with van der Waals surface area (Å²) >= 11 is 0. The highest BCUT2D eigenvalue weighted by atomic mass is 16.5. The zero-order chi connectivity index (χ0) is 14.8. The summed E-state index contributed by atoms with van der Waals surface area (Å²) in [4.78, 5) is 2.35. The van der Waals surface area contributed by atoms with E-state index in [0.717, 1.165) is 48.7 Å². The standard InChI is InChI=1S/C18H21NO2/c1-13-10-15(11-14(2)18(13)20)12-19-8-5-9-21-17-7-4-3-6-16(17)19/h3-4,6-7,10-11,20H,5,8-9,12H2,1-2H3. The molecule has 0 aliphatic carbocycles. The highest BCUT2D eigenvalue weighted by molar-refractivity contribution is 5.59. The predicted molar refractivity (Wildman–Crippen MR) is 85.2 cm³/mol. The topological polar surface area (TPSA) is 32.7 Å². The van der Waals surface area contributed by atoms with Crippen LogP contribution >= 0.6 is 0 Å². The minimum atomic E-state index is 0.401. The monoisotopic (exact) mass is 283 g/mol. The summed E-state index contributed by atoms with van der Waals surface area (Å²) in [6.45, 7) is 6.48. The van der Waals surface area contributed by atoms with Crippen LogP contribution in [0, 0.1) is 13.8 Å². The normalized spacial score (nSPS) is 14.3. The number of phenols is 1. The third-order valence-electron chi connectivity index (χ3n) is 3.96. The van der Waals surface area contributed by atoms with E-state index >= 15 is 0 Å². The van der Waals surface area contributed by atoms with Crippen LogP contribution in [-0.4, -0.2) is 18.3 Å². The van der Waals surface area contributed by atoms with Crippen molar-refractivity contribution >= 4 is 5.69 Å². The maximum absolute atomic E-state index is 9.91. The smallest absolute Gasteiger partial charge is 0.142 e. The molecular formula is C18H21NO2. The van der Waals surface area contributed by atoms with Crippen LogP contribution in [0.3, 0.4) is 0 Å². The van der Waals surface area contributed by atoms with Gasteiger partial charge < -0.3 is 14.7 Å². The molecular weight excluding hydrogens is 262 g/mol. The zero-order valence-electron chi connectivity index (χ0n) is 12.6. The van der Waals surface area contributed by atoms with Gasteiger partial charge in [-0.25, -0.2) is 0 Å². The molecule has 2 aromatic carbocycles. The minimum absolute atomic E-state index is 0.401. The Labute approximate surface area is 125 Å². The van der Waals surface area contributed by atoms with Crippen LogP contribution in [0.15, 0.2) is 36.4 Å². The summed E-state index contributed by atoms with van der Waals surface area (Å²) < 4.78 is 5.80. The second kappa shape index (κ2) is 5.68. The zero-order valence-corrected chi connectivity index (χ0v) is 12.6. The lowest BCUT2D eigenvalue weighted by atomic mass is 10.0. The van der Waals surface area contributed by atoms with Gasteiger partial charge in [-0.2, -0.15) is 0 Å². The fourth-order valence-corrected chi connectivity index (χ4v) is 2.92. The predicted octanol–water partition coefficient (Wildman–Crippen LogP) is 3.80. The number of para-hydroxylation sites is 2. The van der Waals surface area contributed by atoms with E-state index in [9.17, 15) is 5.11 Å². The Bertz CT molecular complexity index is 628. The average molecular weight is 283 g/mol. The van der Waals surface area contributed by atoms with Gasteiger partial charge in [0.1, 0.15) is 11.5 Å². The van der Waals surface area contributed by atoms with E-state index < -0.39 is 0 Å². The number of nitrogens with zero attached hydrogens (tertiary/aromatic N) is 1. The third kappa shape index (κ3) is 2.82. The van der Waals surface area contributed by atoms with Crippen LogP contribution in [0.5, 0.6) is 11.5 Å². The molecule has 0 bridgehead atoms. The van der Waals surface area contributed by atoms with Crippen molar-refractivity contribution in [1.29, 1.82) is 0 Å². The number of anilines is 1. The van der Waals surface area contributed by atoms with Gasteiger partial charge in [0, 0.05) is 13.1 Å². The number of aryl methyl sites for hydroxylation is 2. The maximum Gasteiger partial charge on any atom is 0.142 e. The van der Waals surface area contributed by atoms with E-state index in [1.54, 1.807) is 0 Å². The van der Waals surface area contributed by atoms with Gasteiger partial charge in [0.15, 0.2) is 0 Å². The van der Waals surface area contributed by atoms with Crippen LogP contribution in [0.1, 0.15) is 23.1 Å². The molecule has 0 radical (unpaired) electrons. The highest BCUT2D eigenvalue weighted by Gasteiger charge is 2.16. The van der Waals surface area contributed by atoms with Crippen molar-refractivity contribution in [1.82, 2.24) is 0 Å². The van der Waals surface area contributed by atoms with Gasteiger partial charge >= 0.3 is 0 Å². The number of benzene rings is 2. The molecule has 1 heterocycles. The molecule has 1 aliphatic rings. The third-order valence-corrected chi connectivity index (χ3v) is 3.96. The number of ether oxygens (including phenoxy) is 1. The van der Waals surface area contributed by atoms with Crippen molar-refractivity contribution < 1.29 is 9.84 Å². The van der Waals surface area contributed by atoms with Crippen molar-refractivity contribution in [2.45, 2.75) is 26.8 Å². The molecule has 3 nitrogen and oxygen atoms in total. The molecule has 110 valence electrons. The van der Waals surface area contributed by atoms with Crippen molar-refractivity contribution in [3.05, 3.63) is 53.1 Å². The Hall–Kier alpha value is -2.16. The van der Waals surface area contributed by atoms with E-state index in [1.165, 1.54) is 5.56 Å². The van der Waals surface area contributed by atoms with Crippen LogP contribution in [-0.2, 0) is 6.54 Å². The maximum atomic E-state index is 9.91. The largest absolute Gasteiger partial charge is 0.507 e.